The van der Waals surface area contributed by atoms with Crippen molar-refractivity contribution >= 4 is 23.9 Å². The number of nitrogens with zero attached hydrogens (tertiary/aromatic N) is 2. The zero-order valence-electron chi connectivity index (χ0n) is 9.25. The molecule has 2 aromatic rings. The highest BCUT2D eigenvalue weighted by atomic mass is 32.2. The summed E-state index contributed by atoms with van der Waals surface area (Å²) in [6.07, 6.45) is 5.32. The highest BCUT2D eigenvalue weighted by Crippen LogP contribution is 2.05. The Labute approximate surface area is 103 Å². The molecule has 17 heavy (non-hydrogen) atoms. The van der Waals surface area contributed by atoms with Gasteiger partial charge in [0.2, 0.25) is 0 Å². The van der Waals surface area contributed by atoms with Crippen LogP contribution >= 0.6 is 11.8 Å². The van der Waals surface area contributed by atoms with Gasteiger partial charge in [-0.15, -0.1) is 10.2 Å². The van der Waals surface area contributed by atoms with Crippen LogP contribution in [0.5, 0.6) is 0 Å². The molecule has 1 aromatic heterocycles. The second-order valence-electron chi connectivity index (χ2n) is 3.29. The summed E-state index contributed by atoms with van der Waals surface area (Å²) >= 11 is 1.35. The van der Waals surface area contributed by atoms with Crippen molar-refractivity contribution in [2.24, 2.45) is 0 Å². The van der Waals surface area contributed by atoms with Crippen LogP contribution in [0.4, 0.5) is 0 Å². The molecule has 0 amide bonds. The first kappa shape index (κ1) is 11.6. The molecule has 4 nitrogen and oxygen atoms in total. The molecule has 1 aromatic carbocycles. The Kier molecular flexibility index (Phi) is 3.72. The van der Waals surface area contributed by atoms with E-state index in [1.54, 1.807) is 6.08 Å². The number of hydrogen-bond acceptors (Lipinski definition) is 4. The molecule has 0 fully saturated rings. The topological polar surface area (TPSA) is 58.6 Å². The Hall–Kier alpha value is -1.88. The third-order valence-corrected chi connectivity index (χ3v) is 2.70. The molecule has 0 aliphatic rings. The van der Waals surface area contributed by atoms with Gasteiger partial charge in [-0.1, -0.05) is 48.2 Å². The fourth-order valence-corrected chi connectivity index (χ4v) is 1.59. The number of aromatic nitrogens is 3. The Balaban J connectivity index is 2.25. The number of rotatable bonds is 3. The van der Waals surface area contributed by atoms with Crippen molar-refractivity contribution in [2.75, 3.05) is 6.26 Å². The van der Waals surface area contributed by atoms with E-state index in [4.69, 9.17) is 0 Å². The van der Waals surface area contributed by atoms with E-state index >= 15 is 0 Å². The minimum absolute atomic E-state index is 0.225. The van der Waals surface area contributed by atoms with Crippen LogP contribution in [0.15, 0.2) is 40.3 Å². The van der Waals surface area contributed by atoms with Gasteiger partial charge in [0, 0.05) is 0 Å². The van der Waals surface area contributed by atoms with Gasteiger partial charge in [-0.3, -0.25) is 9.78 Å². The summed E-state index contributed by atoms with van der Waals surface area (Å²) in [4.78, 5) is 14.2. The Morgan fingerprint density at radius 3 is 2.59 bits per heavy atom. The van der Waals surface area contributed by atoms with Crippen molar-refractivity contribution in [2.45, 2.75) is 5.16 Å². The number of H-pyrrole nitrogens is 1. The maximum atomic E-state index is 11.6. The zero-order valence-corrected chi connectivity index (χ0v) is 10.1. The van der Waals surface area contributed by atoms with Crippen LogP contribution in [-0.2, 0) is 0 Å². The van der Waals surface area contributed by atoms with Crippen LogP contribution in [0, 0.1) is 0 Å². The van der Waals surface area contributed by atoms with E-state index in [1.165, 1.54) is 11.8 Å². The fraction of sp³-hybridized carbons (Fsp3) is 0.0833. The largest absolute Gasteiger partial charge is 0.298 e. The van der Waals surface area contributed by atoms with Gasteiger partial charge in [0.25, 0.3) is 5.56 Å². The third-order valence-electron chi connectivity index (χ3n) is 2.13. The van der Waals surface area contributed by atoms with E-state index < -0.39 is 0 Å². The molecule has 0 radical (unpaired) electrons. The second-order valence-corrected chi connectivity index (χ2v) is 4.09. The summed E-state index contributed by atoms with van der Waals surface area (Å²) < 4.78 is 0. The van der Waals surface area contributed by atoms with Gasteiger partial charge >= 0.3 is 0 Å². The third kappa shape index (κ3) is 3.04. The van der Waals surface area contributed by atoms with Crippen molar-refractivity contribution < 1.29 is 0 Å². The van der Waals surface area contributed by atoms with Crippen molar-refractivity contribution in [3.05, 3.63) is 51.9 Å². The van der Waals surface area contributed by atoms with Gasteiger partial charge < -0.3 is 0 Å². The quantitative estimate of drug-likeness (QED) is 0.841. The second kappa shape index (κ2) is 5.45. The van der Waals surface area contributed by atoms with Crippen molar-refractivity contribution in [3.63, 3.8) is 0 Å². The first-order valence-electron chi connectivity index (χ1n) is 5.04. The summed E-state index contributed by atoms with van der Waals surface area (Å²) in [7, 11) is 0. The number of benzene rings is 1. The summed E-state index contributed by atoms with van der Waals surface area (Å²) in [5.41, 5.74) is 1.10. The molecule has 0 aliphatic carbocycles. The molecule has 0 aliphatic heterocycles. The first-order valence-corrected chi connectivity index (χ1v) is 6.26. The maximum absolute atomic E-state index is 11.6. The predicted octanol–water partition coefficient (Wildman–Crippen LogP) is 2.06. The number of nitrogens with one attached hydrogen (secondary N) is 1. The molecule has 5 heteroatoms. The molecule has 0 unspecified atom stereocenters. The molecule has 0 saturated carbocycles. The summed E-state index contributed by atoms with van der Waals surface area (Å²) in [6, 6.07) is 9.72. The Morgan fingerprint density at radius 2 is 1.94 bits per heavy atom. The lowest BCUT2D eigenvalue weighted by Crippen LogP contribution is -2.14. The molecule has 86 valence electrons. The molecule has 1 N–H and O–H groups in total. The standard InChI is InChI=1S/C12H11N3OS/c1-17-12-13-11(16)10(14-15-12)8-7-9-5-3-2-4-6-9/h2-8H,1H3,(H,13,15,16). The first-order chi connectivity index (χ1) is 8.29. The van der Waals surface area contributed by atoms with E-state index in [0.29, 0.717) is 10.9 Å². The molecule has 0 bridgehead atoms. The van der Waals surface area contributed by atoms with E-state index in [1.807, 2.05) is 42.7 Å². The molecular weight excluding hydrogens is 234 g/mol. The molecule has 0 saturated heterocycles. The van der Waals surface area contributed by atoms with Gasteiger partial charge in [-0.05, 0) is 17.9 Å². The van der Waals surface area contributed by atoms with Crippen LogP contribution in [0.1, 0.15) is 11.3 Å². The molecular formula is C12H11N3OS. The van der Waals surface area contributed by atoms with Crippen molar-refractivity contribution in [1.82, 2.24) is 15.2 Å². The summed E-state index contributed by atoms with van der Waals surface area (Å²) in [6.45, 7) is 0. The van der Waals surface area contributed by atoms with Crippen LogP contribution in [0.2, 0.25) is 0 Å². The van der Waals surface area contributed by atoms with Crippen molar-refractivity contribution in [1.29, 1.82) is 0 Å². The van der Waals surface area contributed by atoms with E-state index in [-0.39, 0.29) is 5.56 Å². The van der Waals surface area contributed by atoms with E-state index in [2.05, 4.69) is 15.2 Å². The Morgan fingerprint density at radius 1 is 1.18 bits per heavy atom. The highest BCUT2D eigenvalue weighted by molar-refractivity contribution is 7.98. The lowest BCUT2D eigenvalue weighted by molar-refractivity contribution is 0.811. The zero-order chi connectivity index (χ0) is 12.1. The van der Waals surface area contributed by atoms with Crippen LogP contribution in [0.3, 0.4) is 0 Å². The maximum Gasteiger partial charge on any atom is 0.277 e. The van der Waals surface area contributed by atoms with Gasteiger partial charge in [0.1, 0.15) is 0 Å². The lowest BCUT2D eigenvalue weighted by atomic mass is 10.2. The monoisotopic (exact) mass is 245 g/mol. The number of aromatic amines is 1. The van der Waals surface area contributed by atoms with Gasteiger partial charge in [-0.25, -0.2) is 0 Å². The predicted molar refractivity (Wildman–Crippen MR) is 69.8 cm³/mol. The molecule has 0 spiro atoms. The number of hydrogen-bond donors (Lipinski definition) is 1. The summed E-state index contributed by atoms with van der Waals surface area (Å²) in [5, 5.41) is 8.26. The van der Waals surface area contributed by atoms with Crippen molar-refractivity contribution in [3.8, 4) is 0 Å². The Bertz CT molecular complexity index is 578. The van der Waals surface area contributed by atoms with Crippen LogP contribution in [-0.4, -0.2) is 21.4 Å². The average Bonchev–Trinajstić information content (AvgIpc) is 2.38. The molecule has 0 atom stereocenters. The minimum Gasteiger partial charge on any atom is -0.298 e. The molecule has 2 rings (SSSR count). The SMILES string of the molecule is CSc1nnc(C=Cc2ccccc2)c(=O)[nH]1. The van der Waals surface area contributed by atoms with Gasteiger partial charge in [0.15, 0.2) is 10.9 Å². The smallest absolute Gasteiger partial charge is 0.277 e. The normalized spacial score (nSPS) is 10.9. The summed E-state index contributed by atoms with van der Waals surface area (Å²) in [5.74, 6) is 0. The van der Waals surface area contributed by atoms with E-state index in [9.17, 15) is 4.79 Å². The van der Waals surface area contributed by atoms with Crippen LogP contribution < -0.4 is 5.56 Å². The van der Waals surface area contributed by atoms with Crippen LogP contribution in [0.25, 0.3) is 12.2 Å². The lowest BCUT2D eigenvalue weighted by Gasteiger charge is -1.95. The van der Waals surface area contributed by atoms with Gasteiger partial charge in [0.05, 0.1) is 0 Å². The average molecular weight is 245 g/mol. The highest BCUT2D eigenvalue weighted by Gasteiger charge is 1.99. The molecule has 1 heterocycles. The number of thioether (sulfide) groups is 1. The van der Waals surface area contributed by atoms with Gasteiger partial charge in [-0.2, -0.15) is 0 Å². The minimum atomic E-state index is -0.225. The van der Waals surface area contributed by atoms with E-state index in [0.717, 1.165) is 5.56 Å². The fourth-order valence-electron chi connectivity index (χ4n) is 1.27.